The molecule has 0 aliphatic rings. The summed E-state index contributed by atoms with van der Waals surface area (Å²) in [6.07, 6.45) is 2.92. The van der Waals surface area contributed by atoms with Gasteiger partial charge in [0, 0.05) is 17.7 Å². The molecule has 0 saturated carbocycles. The minimum absolute atomic E-state index is 0.00764. The van der Waals surface area contributed by atoms with Gasteiger partial charge in [0.15, 0.2) is 17.3 Å². The Kier molecular flexibility index (Phi) is 4.53. The number of ether oxygens (including phenoxy) is 1. The van der Waals surface area contributed by atoms with Crippen LogP contribution in [0.3, 0.4) is 0 Å². The maximum atomic E-state index is 12.0. The Bertz CT molecular complexity index is 735. The molecule has 22 heavy (non-hydrogen) atoms. The molecule has 2 aromatic carbocycles. The fourth-order valence-corrected chi connectivity index (χ4v) is 1.81. The van der Waals surface area contributed by atoms with E-state index in [0.29, 0.717) is 11.1 Å². The number of nitro benzene ring substituents is 1. The number of methoxy groups -OCH3 is 1. The zero-order valence-electron chi connectivity index (χ0n) is 11.7. The van der Waals surface area contributed by atoms with Crippen LogP contribution in [-0.4, -0.2) is 22.9 Å². The Labute approximate surface area is 126 Å². The van der Waals surface area contributed by atoms with E-state index >= 15 is 0 Å². The quantitative estimate of drug-likeness (QED) is 0.396. The molecule has 0 saturated heterocycles. The van der Waals surface area contributed by atoms with Crippen molar-refractivity contribution in [3.63, 3.8) is 0 Å². The smallest absolute Gasteiger partial charge is 0.269 e. The van der Waals surface area contributed by atoms with E-state index in [0.717, 1.165) is 0 Å². The van der Waals surface area contributed by atoms with Crippen molar-refractivity contribution in [3.8, 4) is 11.5 Å². The Morgan fingerprint density at radius 1 is 1.23 bits per heavy atom. The van der Waals surface area contributed by atoms with Crippen LogP contribution in [0.15, 0.2) is 48.5 Å². The number of aromatic hydroxyl groups is 1. The second-order valence-electron chi connectivity index (χ2n) is 4.43. The molecule has 0 heterocycles. The Hall–Kier alpha value is -3.15. The number of ketones is 1. The first-order valence-corrected chi connectivity index (χ1v) is 6.35. The molecule has 0 aromatic heterocycles. The van der Waals surface area contributed by atoms with Gasteiger partial charge in [-0.3, -0.25) is 14.9 Å². The van der Waals surface area contributed by atoms with Crippen LogP contribution in [0.1, 0.15) is 15.9 Å². The Morgan fingerprint density at radius 3 is 2.50 bits per heavy atom. The molecule has 0 fully saturated rings. The van der Waals surface area contributed by atoms with Crippen molar-refractivity contribution < 1.29 is 19.6 Å². The maximum Gasteiger partial charge on any atom is 0.269 e. The third-order valence-corrected chi connectivity index (χ3v) is 3.00. The number of allylic oxidation sites excluding steroid dienone is 1. The number of hydrogen-bond donors (Lipinski definition) is 1. The van der Waals surface area contributed by atoms with Gasteiger partial charge < -0.3 is 9.84 Å². The molecule has 0 aliphatic carbocycles. The van der Waals surface area contributed by atoms with Crippen LogP contribution in [0.25, 0.3) is 6.08 Å². The molecule has 0 atom stereocenters. The molecule has 112 valence electrons. The van der Waals surface area contributed by atoms with E-state index in [-0.39, 0.29) is 23.0 Å². The number of hydrogen-bond acceptors (Lipinski definition) is 5. The van der Waals surface area contributed by atoms with Gasteiger partial charge in [-0.1, -0.05) is 6.08 Å². The second kappa shape index (κ2) is 6.53. The largest absolute Gasteiger partial charge is 0.504 e. The summed E-state index contributed by atoms with van der Waals surface area (Å²) in [5.74, 6) is -0.0929. The van der Waals surface area contributed by atoms with Crippen molar-refractivity contribution in [3.05, 3.63) is 69.8 Å². The summed E-state index contributed by atoms with van der Waals surface area (Å²) in [5.41, 5.74) is 1.03. The number of benzene rings is 2. The lowest BCUT2D eigenvalue weighted by molar-refractivity contribution is -0.384. The summed E-state index contributed by atoms with van der Waals surface area (Å²) in [7, 11) is 1.40. The molecule has 2 aromatic rings. The molecule has 0 amide bonds. The van der Waals surface area contributed by atoms with Crippen LogP contribution < -0.4 is 4.74 Å². The Morgan fingerprint density at radius 2 is 1.91 bits per heavy atom. The number of rotatable bonds is 5. The van der Waals surface area contributed by atoms with E-state index in [1.54, 1.807) is 18.2 Å². The lowest BCUT2D eigenvalue weighted by atomic mass is 10.1. The van der Waals surface area contributed by atoms with E-state index in [1.807, 2.05) is 0 Å². The molecular formula is C16H13NO5. The number of carbonyl (C=O) groups excluding carboxylic acids is 1. The van der Waals surface area contributed by atoms with Crippen molar-refractivity contribution in [2.45, 2.75) is 0 Å². The summed E-state index contributed by atoms with van der Waals surface area (Å²) in [5, 5.41) is 20.0. The van der Waals surface area contributed by atoms with Gasteiger partial charge in [-0.05, 0) is 42.0 Å². The fraction of sp³-hybridized carbons (Fsp3) is 0.0625. The van der Waals surface area contributed by atoms with Gasteiger partial charge in [0.2, 0.25) is 0 Å². The van der Waals surface area contributed by atoms with E-state index in [4.69, 9.17) is 4.74 Å². The third kappa shape index (κ3) is 3.49. The van der Waals surface area contributed by atoms with Crippen molar-refractivity contribution in [1.82, 2.24) is 0 Å². The number of nitrogens with zero attached hydrogens (tertiary/aromatic N) is 1. The lowest BCUT2D eigenvalue weighted by Crippen LogP contribution is -1.95. The summed E-state index contributed by atoms with van der Waals surface area (Å²) < 4.78 is 4.94. The average molecular weight is 299 g/mol. The summed E-state index contributed by atoms with van der Waals surface area (Å²) in [4.78, 5) is 22.1. The first kappa shape index (κ1) is 15.2. The molecule has 0 unspecified atom stereocenters. The van der Waals surface area contributed by atoms with Crippen LogP contribution in [0, 0.1) is 10.1 Å². The van der Waals surface area contributed by atoms with E-state index in [9.17, 15) is 20.0 Å². The molecule has 6 heteroatoms. The zero-order chi connectivity index (χ0) is 16.1. The van der Waals surface area contributed by atoms with Gasteiger partial charge in [-0.2, -0.15) is 0 Å². The van der Waals surface area contributed by atoms with Gasteiger partial charge in [-0.15, -0.1) is 0 Å². The number of nitro groups is 1. The molecule has 1 N–H and O–H groups in total. The summed E-state index contributed by atoms with van der Waals surface area (Å²) in [6, 6.07) is 10.2. The van der Waals surface area contributed by atoms with Gasteiger partial charge in [0.1, 0.15) is 0 Å². The minimum atomic E-state index is -0.485. The highest BCUT2D eigenvalue weighted by Gasteiger charge is 2.07. The molecule has 0 bridgehead atoms. The van der Waals surface area contributed by atoms with Crippen LogP contribution >= 0.6 is 0 Å². The summed E-state index contributed by atoms with van der Waals surface area (Å²) >= 11 is 0. The average Bonchev–Trinajstić information content (AvgIpc) is 2.53. The maximum absolute atomic E-state index is 12.0. The van der Waals surface area contributed by atoms with Crippen LogP contribution in [0.5, 0.6) is 11.5 Å². The zero-order valence-corrected chi connectivity index (χ0v) is 11.7. The normalized spacial score (nSPS) is 10.6. The molecular weight excluding hydrogens is 286 g/mol. The Balaban J connectivity index is 2.15. The van der Waals surface area contributed by atoms with E-state index in [2.05, 4.69) is 0 Å². The van der Waals surface area contributed by atoms with Crippen LogP contribution in [-0.2, 0) is 0 Å². The van der Waals surface area contributed by atoms with Gasteiger partial charge in [0.05, 0.1) is 12.0 Å². The number of phenols is 1. The van der Waals surface area contributed by atoms with Crippen LogP contribution in [0.2, 0.25) is 0 Å². The predicted molar refractivity (Wildman–Crippen MR) is 81.1 cm³/mol. The third-order valence-electron chi connectivity index (χ3n) is 3.00. The molecule has 0 radical (unpaired) electrons. The molecule has 2 rings (SSSR count). The minimum Gasteiger partial charge on any atom is -0.504 e. The van der Waals surface area contributed by atoms with Crippen molar-refractivity contribution in [1.29, 1.82) is 0 Å². The van der Waals surface area contributed by atoms with Crippen LogP contribution in [0.4, 0.5) is 5.69 Å². The highest BCUT2D eigenvalue weighted by molar-refractivity contribution is 6.07. The topological polar surface area (TPSA) is 89.7 Å². The van der Waals surface area contributed by atoms with Gasteiger partial charge in [-0.25, -0.2) is 0 Å². The van der Waals surface area contributed by atoms with E-state index in [1.165, 1.54) is 43.5 Å². The fourth-order valence-electron chi connectivity index (χ4n) is 1.81. The van der Waals surface area contributed by atoms with E-state index < -0.39 is 4.92 Å². The number of carbonyl (C=O) groups is 1. The first-order valence-electron chi connectivity index (χ1n) is 6.35. The van der Waals surface area contributed by atoms with Crippen molar-refractivity contribution >= 4 is 17.5 Å². The highest BCUT2D eigenvalue weighted by Crippen LogP contribution is 2.26. The molecule has 6 nitrogen and oxygen atoms in total. The van der Waals surface area contributed by atoms with Gasteiger partial charge >= 0.3 is 0 Å². The standard InChI is InChI=1S/C16H13NO5/c1-22-16-10-12(5-9-15(16)19)14(18)8-4-11-2-6-13(7-3-11)17(20)21/h2-10,19H,1H3/b8-4+. The predicted octanol–water partition coefficient (Wildman–Crippen LogP) is 3.21. The first-order chi connectivity index (χ1) is 10.5. The van der Waals surface area contributed by atoms with Crippen molar-refractivity contribution in [2.24, 2.45) is 0 Å². The molecule has 0 aliphatic heterocycles. The number of non-ortho nitro benzene ring substituents is 1. The lowest BCUT2D eigenvalue weighted by Gasteiger charge is -2.04. The monoisotopic (exact) mass is 299 g/mol. The highest BCUT2D eigenvalue weighted by atomic mass is 16.6. The van der Waals surface area contributed by atoms with Gasteiger partial charge in [0.25, 0.3) is 5.69 Å². The second-order valence-corrected chi connectivity index (χ2v) is 4.43. The SMILES string of the molecule is COc1cc(C(=O)/C=C/c2ccc([N+](=O)[O-])cc2)ccc1O. The molecule has 0 spiro atoms. The number of phenolic OH excluding ortho intramolecular Hbond substituents is 1. The summed E-state index contributed by atoms with van der Waals surface area (Å²) in [6.45, 7) is 0. The van der Waals surface area contributed by atoms with Crippen molar-refractivity contribution in [2.75, 3.05) is 7.11 Å².